The van der Waals surface area contributed by atoms with Gasteiger partial charge in [0.1, 0.15) is 16.3 Å². The van der Waals surface area contributed by atoms with E-state index in [2.05, 4.69) is 24.4 Å². The highest BCUT2D eigenvalue weighted by atomic mass is 32.2. The second-order valence-corrected chi connectivity index (χ2v) is 8.65. The van der Waals surface area contributed by atoms with E-state index in [1.807, 2.05) is 62.4 Å². The minimum atomic E-state index is -0.0685. The van der Waals surface area contributed by atoms with E-state index in [0.717, 1.165) is 38.3 Å². The van der Waals surface area contributed by atoms with Gasteiger partial charge < -0.3 is 10.1 Å². The first-order chi connectivity index (χ1) is 15.5. The lowest BCUT2D eigenvalue weighted by Gasteiger charge is -2.13. The summed E-state index contributed by atoms with van der Waals surface area (Å²) >= 11 is 1.40. The number of thioether (sulfide) groups is 1. The van der Waals surface area contributed by atoms with Crippen molar-refractivity contribution in [2.75, 3.05) is 18.2 Å². The number of benzene rings is 3. The minimum absolute atomic E-state index is 0.0685. The topological polar surface area (TPSA) is 64.1 Å². The molecule has 4 rings (SSSR count). The molecule has 0 aliphatic heterocycles. The number of nitrogens with zero attached hydrogens (tertiary/aromatic N) is 2. The van der Waals surface area contributed by atoms with Crippen LogP contribution in [0.15, 0.2) is 65.7 Å². The van der Waals surface area contributed by atoms with Gasteiger partial charge in [-0.2, -0.15) is 0 Å². The van der Waals surface area contributed by atoms with E-state index in [9.17, 15) is 4.79 Å². The Bertz CT molecular complexity index is 1270. The van der Waals surface area contributed by atoms with E-state index >= 15 is 0 Å². The Hall–Kier alpha value is -3.38. The number of carbonyl (C=O) groups excluding carboxylic acids is 1. The van der Waals surface area contributed by atoms with E-state index in [-0.39, 0.29) is 11.7 Å². The van der Waals surface area contributed by atoms with Crippen molar-refractivity contribution < 1.29 is 9.53 Å². The van der Waals surface area contributed by atoms with E-state index < -0.39 is 0 Å². The van der Waals surface area contributed by atoms with Crippen LogP contribution in [0, 0.1) is 20.8 Å². The third-order valence-corrected chi connectivity index (χ3v) is 6.18. The predicted octanol–water partition coefficient (Wildman–Crippen LogP) is 5.96. The maximum Gasteiger partial charge on any atom is 0.234 e. The highest BCUT2D eigenvalue weighted by Crippen LogP contribution is 2.33. The SMILES string of the molecule is COc1cccc2c(SCC(=O)Nc3c(C)cc(C)cc3C)nc(-c3ccccc3)nc12. The smallest absolute Gasteiger partial charge is 0.234 e. The highest BCUT2D eigenvalue weighted by molar-refractivity contribution is 8.00. The molecule has 3 aromatic carbocycles. The van der Waals surface area contributed by atoms with Crippen molar-refractivity contribution in [2.45, 2.75) is 25.8 Å². The van der Waals surface area contributed by atoms with Gasteiger partial charge in [-0.3, -0.25) is 4.79 Å². The van der Waals surface area contributed by atoms with E-state index in [4.69, 9.17) is 14.7 Å². The van der Waals surface area contributed by atoms with Crippen LogP contribution >= 0.6 is 11.8 Å². The molecular formula is C26H25N3O2S. The van der Waals surface area contributed by atoms with Gasteiger partial charge in [0.25, 0.3) is 0 Å². The summed E-state index contributed by atoms with van der Waals surface area (Å²) in [5.74, 6) is 1.46. The van der Waals surface area contributed by atoms with Gasteiger partial charge in [0.2, 0.25) is 5.91 Å². The minimum Gasteiger partial charge on any atom is -0.494 e. The molecule has 6 heteroatoms. The highest BCUT2D eigenvalue weighted by Gasteiger charge is 2.15. The van der Waals surface area contributed by atoms with Crippen molar-refractivity contribution in [3.63, 3.8) is 0 Å². The molecule has 0 spiro atoms. The van der Waals surface area contributed by atoms with Crippen LogP contribution in [0.5, 0.6) is 5.75 Å². The Morgan fingerprint density at radius 3 is 2.38 bits per heavy atom. The third-order valence-electron chi connectivity index (χ3n) is 5.19. The van der Waals surface area contributed by atoms with E-state index in [1.54, 1.807) is 7.11 Å². The lowest BCUT2D eigenvalue weighted by atomic mass is 10.1. The van der Waals surface area contributed by atoms with Gasteiger partial charge in [-0.25, -0.2) is 9.97 Å². The second-order valence-electron chi connectivity index (χ2n) is 7.69. The first-order valence-electron chi connectivity index (χ1n) is 10.4. The van der Waals surface area contributed by atoms with Crippen molar-refractivity contribution in [2.24, 2.45) is 0 Å². The summed E-state index contributed by atoms with van der Waals surface area (Å²) in [6.07, 6.45) is 0. The Morgan fingerprint density at radius 2 is 1.69 bits per heavy atom. The normalized spacial score (nSPS) is 10.9. The Morgan fingerprint density at radius 1 is 0.969 bits per heavy atom. The Labute approximate surface area is 192 Å². The third kappa shape index (κ3) is 4.60. The summed E-state index contributed by atoms with van der Waals surface area (Å²) in [6, 6.07) is 19.7. The monoisotopic (exact) mass is 443 g/mol. The summed E-state index contributed by atoms with van der Waals surface area (Å²) in [7, 11) is 1.63. The van der Waals surface area contributed by atoms with Crippen molar-refractivity contribution in [1.29, 1.82) is 0 Å². The van der Waals surface area contributed by atoms with Gasteiger partial charge in [0.05, 0.1) is 12.9 Å². The molecule has 1 heterocycles. The maximum atomic E-state index is 12.8. The van der Waals surface area contributed by atoms with Crippen LogP contribution in [0.1, 0.15) is 16.7 Å². The van der Waals surface area contributed by atoms with Crippen LogP contribution in [0.25, 0.3) is 22.3 Å². The molecule has 0 unspecified atom stereocenters. The first kappa shape index (κ1) is 21.8. The molecule has 0 radical (unpaired) electrons. The average Bonchev–Trinajstić information content (AvgIpc) is 2.79. The predicted molar refractivity (Wildman–Crippen MR) is 132 cm³/mol. The van der Waals surface area contributed by atoms with Crippen molar-refractivity contribution >= 4 is 34.3 Å². The number of hydrogen-bond acceptors (Lipinski definition) is 5. The molecule has 1 amide bonds. The molecule has 0 aliphatic carbocycles. The zero-order valence-electron chi connectivity index (χ0n) is 18.6. The van der Waals surface area contributed by atoms with Crippen LogP contribution in [0.2, 0.25) is 0 Å². The first-order valence-corrected chi connectivity index (χ1v) is 11.4. The zero-order chi connectivity index (χ0) is 22.7. The largest absolute Gasteiger partial charge is 0.494 e. The Kier molecular flexibility index (Phi) is 6.42. The molecule has 0 bridgehead atoms. The molecule has 0 aliphatic rings. The number of ether oxygens (including phenoxy) is 1. The average molecular weight is 444 g/mol. The number of rotatable bonds is 6. The molecule has 0 atom stereocenters. The summed E-state index contributed by atoms with van der Waals surface area (Å²) < 4.78 is 5.54. The molecule has 0 saturated carbocycles. The van der Waals surface area contributed by atoms with Crippen LogP contribution in [-0.2, 0) is 4.79 Å². The zero-order valence-corrected chi connectivity index (χ0v) is 19.4. The lowest BCUT2D eigenvalue weighted by molar-refractivity contribution is -0.113. The molecule has 4 aromatic rings. The van der Waals surface area contributed by atoms with Crippen molar-refractivity contribution in [3.05, 3.63) is 77.4 Å². The standard InChI is InChI=1S/C26H25N3O2S/c1-16-13-17(2)23(18(3)14-16)27-22(30)15-32-26-20-11-8-12-21(31-4)24(20)28-25(29-26)19-9-6-5-7-10-19/h5-14H,15H2,1-4H3,(H,27,30). The van der Waals surface area contributed by atoms with E-state index in [0.29, 0.717) is 11.6 Å². The van der Waals surface area contributed by atoms with Gasteiger partial charge in [-0.15, -0.1) is 0 Å². The number of para-hydroxylation sites is 1. The number of aromatic nitrogens is 2. The summed E-state index contributed by atoms with van der Waals surface area (Å²) in [4.78, 5) is 22.3. The molecule has 0 fully saturated rings. The number of aryl methyl sites for hydroxylation is 3. The number of methoxy groups -OCH3 is 1. The number of nitrogens with one attached hydrogen (secondary N) is 1. The number of fused-ring (bicyclic) bond motifs is 1. The van der Waals surface area contributed by atoms with Gasteiger partial charge in [0, 0.05) is 16.6 Å². The summed E-state index contributed by atoms with van der Waals surface area (Å²) in [5, 5.41) is 4.68. The van der Waals surface area contributed by atoms with Gasteiger partial charge in [0.15, 0.2) is 5.82 Å². The van der Waals surface area contributed by atoms with Gasteiger partial charge >= 0.3 is 0 Å². The molecule has 1 aromatic heterocycles. The van der Waals surface area contributed by atoms with Crippen molar-refractivity contribution in [1.82, 2.24) is 9.97 Å². The second kappa shape index (κ2) is 9.40. The van der Waals surface area contributed by atoms with Crippen LogP contribution in [0.3, 0.4) is 0 Å². The van der Waals surface area contributed by atoms with Crippen molar-refractivity contribution in [3.8, 4) is 17.1 Å². The molecule has 32 heavy (non-hydrogen) atoms. The molecular weight excluding hydrogens is 418 g/mol. The van der Waals surface area contributed by atoms with E-state index in [1.165, 1.54) is 17.3 Å². The fourth-order valence-electron chi connectivity index (χ4n) is 3.78. The summed E-state index contributed by atoms with van der Waals surface area (Å²) in [5.41, 5.74) is 5.82. The fourth-order valence-corrected chi connectivity index (χ4v) is 4.59. The number of anilines is 1. The Balaban J connectivity index is 1.64. The maximum absolute atomic E-state index is 12.8. The summed E-state index contributed by atoms with van der Waals surface area (Å²) in [6.45, 7) is 6.08. The van der Waals surface area contributed by atoms with Gasteiger partial charge in [-0.05, 0) is 44.0 Å². The van der Waals surface area contributed by atoms with Crippen LogP contribution in [-0.4, -0.2) is 28.7 Å². The molecule has 0 saturated heterocycles. The van der Waals surface area contributed by atoms with Crippen LogP contribution < -0.4 is 10.1 Å². The quantitative estimate of drug-likeness (QED) is 0.294. The molecule has 162 valence electrons. The number of carbonyl (C=O) groups is 1. The number of amides is 1. The van der Waals surface area contributed by atoms with Gasteiger partial charge in [-0.1, -0.05) is 65.9 Å². The fraction of sp³-hybridized carbons (Fsp3) is 0.192. The van der Waals surface area contributed by atoms with Crippen LogP contribution in [0.4, 0.5) is 5.69 Å². The number of hydrogen-bond donors (Lipinski definition) is 1. The molecule has 5 nitrogen and oxygen atoms in total. The lowest BCUT2D eigenvalue weighted by Crippen LogP contribution is -2.16. The molecule has 1 N–H and O–H groups in total.